The zero-order valence-corrected chi connectivity index (χ0v) is 17.3. The van der Waals surface area contributed by atoms with Crippen LogP contribution in [0.5, 0.6) is 0 Å². The molecule has 1 amide bonds. The molecular formula is C20H20N6OS2. The second-order valence-corrected chi connectivity index (χ2v) is 8.29. The number of carbonyl (C=O) groups is 1. The molecule has 0 aliphatic carbocycles. The standard InChI is InChI=1S/C20H20N6OS2/c21-17(27)8-10-26-19(16-7-4-12-28-16)23-24-20(26)29-14-18-22-9-11-25(18)13-15-5-2-1-3-6-15/h1-7,9,11-12H,8,10,13-14H2,(H2,21,27). The number of benzene rings is 1. The third kappa shape index (κ3) is 4.75. The summed E-state index contributed by atoms with van der Waals surface area (Å²) in [6, 6.07) is 14.3. The Hall–Kier alpha value is -2.91. The summed E-state index contributed by atoms with van der Waals surface area (Å²) in [5.41, 5.74) is 6.59. The molecule has 0 bridgehead atoms. The fourth-order valence-corrected chi connectivity index (χ4v) is 4.59. The number of thioether (sulfide) groups is 1. The van der Waals surface area contributed by atoms with Gasteiger partial charge >= 0.3 is 0 Å². The van der Waals surface area contributed by atoms with Gasteiger partial charge in [-0.1, -0.05) is 48.2 Å². The first kappa shape index (κ1) is 19.4. The SMILES string of the molecule is NC(=O)CCn1c(SCc2nccn2Cc2ccccc2)nnc1-c1cccs1. The van der Waals surface area contributed by atoms with E-state index in [-0.39, 0.29) is 12.3 Å². The molecule has 0 radical (unpaired) electrons. The van der Waals surface area contributed by atoms with Crippen molar-refractivity contribution in [3.63, 3.8) is 0 Å². The van der Waals surface area contributed by atoms with Crippen LogP contribution in [0.1, 0.15) is 17.8 Å². The van der Waals surface area contributed by atoms with Gasteiger partial charge in [0.25, 0.3) is 0 Å². The van der Waals surface area contributed by atoms with Crippen molar-refractivity contribution in [1.82, 2.24) is 24.3 Å². The number of thiophene rings is 1. The van der Waals surface area contributed by atoms with Gasteiger partial charge in [0.2, 0.25) is 5.91 Å². The predicted molar refractivity (Wildman–Crippen MR) is 114 cm³/mol. The molecule has 29 heavy (non-hydrogen) atoms. The third-order valence-electron chi connectivity index (χ3n) is 4.37. The van der Waals surface area contributed by atoms with Crippen molar-refractivity contribution < 1.29 is 4.79 Å². The van der Waals surface area contributed by atoms with Gasteiger partial charge in [-0.25, -0.2) is 4.98 Å². The lowest BCUT2D eigenvalue weighted by molar-refractivity contribution is -0.118. The molecule has 2 N–H and O–H groups in total. The highest BCUT2D eigenvalue weighted by Crippen LogP contribution is 2.29. The summed E-state index contributed by atoms with van der Waals surface area (Å²) in [5, 5.41) is 11.5. The van der Waals surface area contributed by atoms with Gasteiger partial charge in [-0.3, -0.25) is 4.79 Å². The van der Waals surface area contributed by atoms with Gasteiger partial charge in [-0.05, 0) is 17.0 Å². The van der Waals surface area contributed by atoms with Crippen molar-refractivity contribution in [1.29, 1.82) is 0 Å². The van der Waals surface area contributed by atoms with Gasteiger partial charge in [0.1, 0.15) is 5.82 Å². The van der Waals surface area contributed by atoms with Crippen molar-refractivity contribution in [2.45, 2.75) is 30.4 Å². The molecule has 0 aliphatic rings. The van der Waals surface area contributed by atoms with E-state index in [1.165, 1.54) is 5.56 Å². The minimum Gasteiger partial charge on any atom is -0.370 e. The van der Waals surface area contributed by atoms with E-state index in [4.69, 9.17) is 5.73 Å². The maximum absolute atomic E-state index is 11.3. The van der Waals surface area contributed by atoms with Crippen LogP contribution < -0.4 is 5.73 Å². The van der Waals surface area contributed by atoms with E-state index in [1.54, 1.807) is 23.1 Å². The van der Waals surface area contributed by atoms with E-state index in [1.807, 2.05) is 52.7 Å². The summed E-state index contributed by atoms with van der Waals surface area (Å²) in [6.07, 6.45) is 4.04. The number of imidazole rings is 1. The third-order valence-corrected chi connectivity index (χ3v) is 6.20. The molecule has 0 unspecified atom stereocenters. The highest BCUT2D eigenvalue weighted by Gasteiger charge is 2.16. The van der Waals surface area contributed by atoms with Gasteiger partial charge in [-0.2, -0.15) is 0 Å². The number of hydrogen-bond acceptors (Lipinski definition) is 6. The lowest BCUT2D eigenvalue weighted by Gasteiger charge is -2.10. The Balaban J connectivity index is 1.52. The second-order valence-electron chi connectivity index (χ2n) is 6.40. The van der Waals surface area contributed by atoms with E-state index in [0.717, 1.165) is 28.2 Å². The molecule has 3 aromatic heterocycles. The first-order valence-electron chi connectivity index (χ1n) is 9.13. The largest absolute Gasteiger partial charge is 0.370 e. The van der Waals surface area contributed by atoms with Crippen LogP contribution in [0.3, 0.4) is 0 Å². The molecule has 0 saturated heterocycles. The van der Waals surface area contributed by atoms with Crippen molar-refractivity contribution in [3.8, 4) is 10.7 Å². The summed E-state index contributed by atoms with van der Waals surface area (Å²) in [5.74, 6) is 2.03. The fraction of sp³-hybridized carbons (Fsp3) is 0.200. The van der Waals surface area contributed by atoms with Gasteiger partial charge in [0, 0.05) is 31.9 Å². The van der Waals surface area contributed by atoms with Crippen LogP contribution in [0, 0.1) is 0 Å². The average molecular weight is 425 g/mol. The zero-order valence-electron chi connectivity index (χ0n) is 15.6. The Morgan fingerprint density at radius 1 is 1.14 bits per heavy atom. The predicted octanol–water partition coefficient (Wildman–Crippen LogP) is 3.42. The molecular weight excluding hydrogens is 404 g/mol. The Morgan fingerprint density at radius 2 is 2.00 bits per heavy atom. The topological polar surface area (TPSA) is 91.6 Å². The smallest absolute Gasteiger partial charge is 0.219 e. The van der Waals surface area contributed by atoms with E-state index < -0.39 is 0 Å². The molecule has 0 spiro atoms. The zero-order chi connectivity index (χ0) is 20.1. The monoisotopic (exact) mass is 424 g/mol. The molecule has 4 aromatic rings. The Kier molecular flexibility index (Phi) is 6.06. The van der Waals surface area contributed by atoms with E-state index in [0.29, 0.717) is 12.3 Å². The Bertz CT molecular complexity index is 1070. The minimum atomic E-state index is -0.342. The van der Waals surface area contributed by atoms with E-state index in [9.17, 15) is 4.79 Å². The van der Waals surface area contributed by atoms with Crippen molar-refractivity contribution >= 4 is 29.0 Å². The number of aromatic nitrogens is 5. The normalized spacial score (nSPS) is 11.0. The maximum atomic E-state index is 11.3. The number of amides is 1. The number of primary amides is 1. The van der Waals surface area contributed by atoms with Crippen LogP contribution in [-0.4, -0.2) is 30.2 Å². The van der Waals surface area contributed by atoms with Gasteiger partial charge in [-0.15, -0.1) is 21.5 Å². The number of carbonyl (C=O) groups excluding carboxylic acids is 1. The van der Waals surface area contributed by atoms with Crippen LogP contribution in [0.4, 0.5) is 0 Å². The summed E-state index contributed by atoms with van der Waals surface area (Å²) in [4.78, 5) is 16.8. The first-order chi connectivity index (χ1) is 14.2. The van der Waals surface area contributed by atoms with Crippen molar-refractivity contribution in [2.75, 3.05) is 0 Å². The van der Waals surface area contributed by atoms with Gasteiger partial charge in [0.05, 0.1) is 10.6 Å². The lowest BCUT2D eigenvalue weighted by Crippen LogP contribution is -2.15. The first-order valence-corrected chi connectivity index (χ1v) is 11.0. The molecule has 1 aromatic carbocycles. The van der Waals surface area contributed by atoms with Gasteiger partial charge < -0.3 is 14.9 Å². The Morgan fingerprint density at radius 3 is 2.76 bits per heavy atom. The van der Waals surface area contributed by atoms with Crippen molar-refractivity contribution in [3.05, 3.63) is 71.6 Å². The van der Waals surface area contributed by atoms with Gasteiger partial charge in [0.15, 0.2) is 11.0 Å². The molecule has 0 fully saturated rings. The van der Waals surface area contributed by atoms with E-state index >= 15 is 0 Å². The van der Waals surface area contributed by atoms with Crippen LogP contribution in [-0.2, 0) is 23.6 Å². The second kappa shape index (κ2) is 9.06. The quantitative estimate of drug-likeness (QED) is 0.416. The van der Waals surface area contributed by atoms with Crippen LogP contribution in [0.25, 0.3) is 10.7 Å². The molecule has 0 atom stereocenters. The van der Waals surface area contributed by atoms with E-state index in [2.05, 4.69) is 31.9 Å². The minimum absolute atomic E-state index is 0.243. The summed E-state index contributed by atoms with van der Waals surface area (Å²) >= 11 is 3.15. The summed E-state index contributed by atoms with van der Waals surface area (Å²) in [6.45, 7) is 1.22. The van der Waals surface area contributed by atoms with Crippen molar-refractivity contribution in [2.24, 2.45) is 5.73 Å². The molecule has 3 heterocycles. The lowest BCUT2D eigenvalue weighted by atomic mass is 10.2. The summed E-state index contributed by atoms with van der Waals surface area (Å²) in [7, 11) is 0. The molecule has 0 aliphatic heterocycles. The molecule has 148 valence electrons. The fourth-order valence-electron chi connectivity index (χ4n) is 2.94. The highest BCUT2D eigenvalue weighted by molar-refractivity contribution is 7.98. The van der Waals surface area contributed by atoms with Crippen LogP contribution in [0.15, 0.2) is 65.4 Å². The van der Waals surface area contributed by atoms with Crippen LogP contribution in [0.2, 0.25) is 0 Å². The number of rotatable bonds is 9. The highest BCUT2D eigenvalue weighted by atomic mass is 32.2. The van der Waals surface area contributed by atoms with Crippen LogP contribution >= 0.6 is 23.1 Å². The number of nitrogens with zero attached hydrogens (tertiary/aromatic N) is 5. The molecule has 4 rings (SSSR count). The number of nitrogens with two attached hydrogens (primary N) is 1. The number of hydrogen-bond donors (Lipinski definition) is 1. The molecule has 7 nitrogen and oxygen atoms in total. The average Bonchev–Trinajstić information content (AvgIpc) is 3.46. The molecule has 9 heteroatoms. The maximum Gasteiger partial charge on any atom is 0.219 e. The Labute approximate surface area is 176 Å². The molecule has 0 saturated carbocycles. The summed E-state index contributed by atoms with van der Waals surface area (Å²) < 4.78 is 4.10.